The summed E-state index contributed by atoms with van der Waals surface area (Å²) in [5.41, 5.74) is 0. The molecule has 0 fully saturated rings. The molecule has 1 heterocycles. The van der Waals surface area contributed by atoms with Gasteiger partial charge in [-0.05, 0) is 6.42 Å². The Kier molecular flexibility index (Phi) is 1.61. The van der Waals surface area contributed by atoms with Gasteiger partial charge in [-0.25, -0.2) is 0 Å². The summed E-state index contributed by atoms with van der Waals surface area (Å²) in [6, 6.07) is 0.523. The van der Waals surface area contributed by atoms with E-state index in [2.05, 4.69) is 24.1 Å². The SMILES string of the molecule is CCC1N=NCC1C. The van der Waals surface area contributed by atoms with Gasteiger partial charge in [0.1, 0.15) is 0 Å². The summed E-state index contributed by atoms with van der Waals surface area (Å²) in [4.78, 5) is 0. The fourth-order valence-corrected chi connectivity index (χ4v) is 1.00. The van der Waals surface area contributed by atoms with Crippen LogP contribution in [-0.2, 0) is 0 Å². The van der Waals surface area contributed by atoms with Crippen molar-refractivity contribution in [3.05, 3.63) is 0 Å². The second kappa shape index (κ2) is 2.25. The first-order valence-electron chi connectivity index (χ1n) is 3.21. The van der Waals surface area contributed by atoms with Crippen LogP contribution < -0.4 is 0 Å². The molecule has 0 aromatic rings. The Morgan fingerprint density at radius 3 is 2.62 bits per heavy atom. The highest BCUT2D eigenvalue weighted by molar-refractivity contribution is 4.76. The van der Waals surface area contributed by atoms with Gasteiger partial charge in [0, 0.05) is 5.92 Å². The van der Waals surface area contributed by atoms with Crippen LogP contribution in [0.25, 0.3) is 0 Å². The molecule has 1 aliphatic rings. The molecule has 0 saturated carbocycles. The van der Waals surface area contributed by atoms with E-state index < -0.39 is 0 Å². The Labute approximate surface area is 50.0 Å². The van der Waals surface area contributed by atoms with E-state index in [1.807, 2.05) is 0 Å². The normalized spacial score (nSPS) is 36.2. The van der Waals surface area contributed by atoms with Crippen molar-refractivity contribution in [2.45, 2.75) is 26.3 Å². The first-order valence-corrected chi connectivity index (χ1v) is 3.21. The lowest BCUT2D eigenvalue weighted by atomic mass is 10.0. The van der Waals surface area contributed by atoms with Gasteiger partial charge in [-0.1, -0.05) is 13.8 Å². The first-order chi connectivity index (χ1) is 3.84. The van der Waals surface area contributed by atoms with E-state index in [0.29, 0.717) is 12.0 Å². The van der Waals surface area contributed by atoms with Gasteiger partial charge < -0.3 is 0 Å². The monoisotopic (exact) mass is 112 g/mol. The third-order valence-corrected chi connectivity index (χ3v) is 1.67. The van der Waals surface area contributed by atoms with E-state index in [1.54, 1.807) is 0 Å². The summed E-state index contributed by atoms with van der Waals surface area (Å²) in [6.07, 6.45) is 1.14. The Morgan fingerprint density at radius 1 is 1.62 bits per heavy atom. The van der Waals surface area contributed by atoms with Crippen LogP contribution in [-0.4, -0.2) is 12.6 Å². The van der Waals surface area contributed by atoms with Gasteiger partial charge in [-0.3, -0.25) is 0 Å². The molecule has 0 bridgehead atoms. The maximum Gasteiger partial charge on any atom is 0.0749 e. The zero-order valence-electron chi connectivity index (χ0n) is 5.46. The summed E-state index contributed by atoms with van der Waals surface area (Å²) in [5.74, 6) is 0.694. The summed E-state index contributed by atoms with van der Waals surface area (Å²) < 4.78 is 0. The third-order valence-electron chi connectivity index (χ3n) is 1.67. The predicted octanol–water partition coefficient (Wildman–Crippen LogP) is 1.87. The van der Waals surface area contributed by atoms with Gasteiger partial charge in [0.2, 0.25) is 0 Å². The van der Waals surface area contributed by atoms with Crippen molar-refractivity contribution < 1.29 is 0 Å². The highest BCUT2D eigenvalue weighted by atomic mass is 15.2. The van der Waals surface area contributed by atoms with Crippen molar-refractivity contribution >= 4 is 0 Å². The number of azo groups is 1. The van der Waals surface area contributed by atoms with Crippen molar-refractivity contribution in [3.8, 4) is 0 Å². The average molecular weight is 112 g/mol. The third kappa shape index (κ3) is 0.881. The van der Waals surface area contributed by atoms with Crippen molar-refractivity contribution in [1.29, 1.82) is 0 Å². The summed E-state index contributed by atoms with van der Waals surface area (Å²) >= 11 is 0. The van der Waals surface area contributed by atoms with Crippen LogP contribution in [0.1, 0.15) is 20.3 Å². The summed E-state index contributed by atoms with van der Waals surface area (Å²) in [7, 11) is 0. The molecule has 46 valence electrons. The van der Waals surface area contributed by atoms with E-state index in [1.165, 1.54) is 0 Å². The Morgan fingerprint density at radius 2 is 2.38 bits per heavy atom. The molecule has 2 atom stereocenters. The van der Waals surface area contributed by atoms with Gasteiger partial charge in [0.15, 0.2) is 0 Å². The maximum atomic E-state index is 4.06. The minimum Gasteiger partial charge on any atom is -0.194 e. The largest absolute Gasteiger partial charge is 0.194 e. The quantitative estimate of drug-likeness (QED) is 0.494. The summed E-state index contributed by atoms with van der Waals surface area (Å²) in [6.45, 7) is 5.30. The molecular formula is C6H12N2. The van der Waals surface area contributed by atoms with E-state index in [-0.39, 0.29) is 0 Å². The average Bonchev–Trinajstić information content (AvgIpc) is 2.14. The molecule has 8 heavy (non-hydrogen) atoms. The first kappa shape index (κ1) is 5.73. The van der Waals surface area contributed by atoms with Crippen LogP contribution in [0.3, 0.4) is 0 Å². The molecule has 1 aliphatic heterocycles. The summed E-state index contributed by atoms with van der Waals surface area (Å²) in [5, 5.41) is 8.00. The fourth-order valence-electron chi connectivity index (χ4n) is 1.00. The topological polar surface area (TPSA) is 24.7 Å². The van der Waals surface area contributed by atoms with Gasteiger partial charge >= 0.3 is 0 Å². The molecule has 0 radical (unpaired) electrons. The minimum atomic E-state index is 0.523. The second-order valence-electron chi connectivity index (χ2n) is 2.39. The lowest BCUT2D eigenvalue weighted by Crippen LogP contribution is -2.10. The molecule has 0 aliphatic carbocycles. The predicted molar refractivity (Wildman–Crippen MR) is 33.0 cm³/mol. The molecule has 0 aromatic carbocycles. The number of hydrogen-bond acceptors (Lipinski definition) is 2. The number of hydrogen-bond donors (Lipinski definition) is 0. The minimum absolute atomic E-state index is 0.523. The zero-order valence-corrected chi connectivity index (χ0v) is 5.46. The molecule has 0 N–H and O–H groups in total. The molecular weight excluding hydrogens is 100 g/mol. The van der Waals surface area contributed by atoms with Crippen LogP contribution in [0.4, 0.5) is 0 Å². The van der Waals surface area contributed by atoms with Crippen molar-refractivity contribution in [2.75, 3.05) is 6.54 Å². The van der Waals surface area contributed by atoms with Crippen molar-refractivity contribution in [1.82, 2.24) is 0 Å². The molecule has 2 nitrogen and oxygen atoms in total. The Balaban J connectivity index is 2.41. The molecule has 0 saturated heterocycles. The van der Waals surface area contributed by atoms with Gasteiger partial charge in [-0.15, -0.1) is 0 Å². The smallest absolute Gasteiger partial charge is 0.0749 e. The Hall–Kier alpha value is -0.400. The van der Waals surface area contributed by atoms with E-state index in [0.717, 1.165) is 13.0 Å². The molecule has 0 spiro atoms. The highest BCUT2D eigenvalue weighted by Gasteiger charge is 2.18. The van der Waals surface area contributed by atoms with Crippen LogP contribution in [0.5, 0.6) is 0 Å². The second-order valence-corrected chi connectivity index (χ2v) is 2.39. The lowest BCUT2D eigenvalue weighted by Gasteiger charge is -2.05. The number of nitrogens with zero attached hydrogens (tertiary/aromatic N) is 2. The van der Waals surface area contributed by atoms with Crippen molar-refractivity contribution in [2.24, 2.45) is 16.1 Å². The van der Waals surface area contributed by atoms with Crippen LogP contribution in [0.15, 0.2) is 10.2 Å². The Bertz CT molecular complexity index is 98.7. The van der Waals surface area contributed by atoms with Crippen LogP contribution >= 0.6 is 0 Å². The van der Waals surface area contributed by atoms with E-state index in [4.69, 9.17) is 0 Å². The van der Waals surface area contributed by atoms with Gasteiger partial charge in [0.05, 0.1) is 12.6 Å². The van der Waals surface area contributed by atoms with E-state index >= 15 is 0 Å². The molecule has 2 unspecified atom stereocenters. The molecule has 1 rings (SSSR count). The maximum absolute atomic E-state index is 4.06. The van der Waals surface area contributed by atoms with Crippen molar-refractivity contribution in [3.63, 3.8) is 0 Å². The molecule has 0 aromatic heterocycles. The number of rotatable bonds is 1. The fraction of sp³-hybridized carbons (Fsp3) is 1.00. The van der Waals surface area contributed by atoms with Gasteiger partial charge in [-0.2, -0.15) is 10.2 Å². The molecule has 2 heteroatoms. The molecule has 0 amide bonds. The van der Waals surface area contributed by atoms with Crippen LogP contribution in [0.2, 0.25) is 0 Å². The highest BCUT2D eigenvalue weighted by Crippen LogP contribution is 2.17. The van der Waals surface area contributed by atoms with E-state index in [9.17, 15) is 0 Å². The standard InChI is InChI=1S/C6H12N2/c1-3-6-5(2)4-7-8-6/h5-6H,3-4H2,1-2H3. The zero-order chi connectivity index (χ0) is 5.98. The lowest BCUT2D eigenvalue weighted by molar-refractivity contribution is 0.510. The van der Waals surface area contributed by atoms with Gasteiger partial charge in [0.25, 0.3) is 0 Å². The van der Waals surface area contributed by atoms with Crippen LogP contribution in [0, 0.1) is 5.92 Å².